The maximum Gasteiger partial charge on any atom is 0.180 e. The van der Waals surface area contributed by atoms with Crippen molar-refractivity contribution in [1.82, 2.24) is 15.0 Å². The minimum absolute atomic E-state index is 0.000230. The fraction of sp³-hybridized carbons (Fsp3) is 0.267. The lowest BCUT2D eigenvalue weighted by molar-refractivity contribution is 0.233. The van der Waals surface area contributed by atoms with E-state index in [0.29, 0.717) is 47.2 Å². The van der Waals surface area contributed by atoms with Crippen LogP contribution in [0.4, 0.5) is 21.6 Å². The Labute approximate surface area is 233 Å². The molecule has 0 aliphatic rings. The zero-order valence-corrected chi connectivity index (χ0v) is 22.8. The molecular weight excluding hydrogens is 511 g/mol. The van der Waals surface area contributed by atoms with Gasteiger partial charge in [0.15, 0.2) is 17.4 Å². The first-order chi connectivity index (χ1) is 19.4. The topological polar surface area (TPSA) is 125 Å². The molecule has 0 radical (unpaired) electrons. The number of nitrogens with one attached hydrogen (secondary N) is 3. The molecule has 2 aromatic heterocycles. The third-order valence-corrected chi connectivity index (χ3v) is 6.05. The Morgan fingerprint density at radius 1 is 1.07 bits per heavy atom. The highest BCUT2D eigenvalue weighted by molar-refractivity contribution is 6.12. The molecule has 2 heterocycles. The molecule has 10 heteroatoms. The number of anilines is 3. The maximum absolute atomic E-state index is 14.8. The summed E-state index contributed by atoms with van der Waals surface area (Å²) in [5, 5.41) is 24.6. The summed E-state index contributed by atoms with van der Waals surface area (Å²) in [7, 11) is 0. The van der Waals surface area contributed by atoms with E-state index in [1.807, 2.05) is 51.1 Å². The van der Waals surface area contributed by atoms with Gasteiger partial charge in [0.2, 0.25) is 0 Å². The molecule has 0 saturated carbocycles. The van der Waals surface area contributed by atoms with E-state index in [-0.39, 0.29) is 37.1 Å². The van der Waals surface area contributed by atoms with E-state index in [9.17, 15) is 4.39 Å². The minimum Gasteiger partial charge on any atom is -0.494 e. The van der Waals surface area contributed by atoms with Crippen LogP contribution in [-0.2, 0) is 6.54 Å². The average Bonchev–Trinajstić information content (AvgIpc) is 2.93. The molecule has 0 saturated heterocycles. The molecule has 9 nitrogen and oxygen atoms in total. The summed E-state index contributed by atoms with van der Waals surface area (Å²) in [6.07, 6.45) is 3.66. The summed E-state index contributed by atoms with van der Waals surface area (Å²) in [5.74, 6) is 1.10. The lowest BCUT2D eigenvalue weighted by atomic mass is 10.0. The summed E-state index contributed by atoms with van der Waals surface area (Å²) >= 11 is 0. The second-order valence-electron chi connectivity index (χ2n) is 9.05. The highest BCUT2D eigenvalue weighted by atomic mass is 19.1. The third kappa shape index (κ3) is 7.09. The number of hydrogen-bond acceptors (Lipinski definition) is 9. The molecule has 0 amide bonds. The zero-order valence-electron chi connectivity index (χ0n) is 22.8. The fourth-order valence-corrected chi connectivity index (χ4v) is 4.07. The van der Waals surface area contributed by atoms with Gasteiger partial charge < -0.3 is 25.2 Å². The first-order valence-electron chi connectivity index (χ1n) is 13.0. The van der Waals surface area contributed by atoms with Crippen molar-refractivity contribution in [2.45, 2.75) is 33.7 Å². The molecule has 0 bridgehead atoms. The molecular formula is C30H33FN6O3. The molecule has 2 aromatic carbocycles. The highest BCUT2D eigenvalue weighted by Gasteiger charge is 2.17. The number of aliphatic hydroxyl groups excluding tert-OH is 1. The van der Waals surface area contributed by atoms with Crippen molar-refractivity contribution >= 4 is 22.9 Å². The number of pyridine rings is 1. The molecule has 0 aliphatic heterocycles. The Morgan fingerprint density at radius 3 is 2.65 bits per heavy atom. The van der Waals surface area contributed by atoms with Gasteiger partial charge in [0.25, 0.3) is 0 Å². The number of aliphatic hydroxyl groups is 1. The van der Waals surface area contributed by atoms with Gasteiger partial charge in [0.1, 0.15) is 17.3 Å². The fourth-order valence-electron chi connectivity index (χ4n) is 4.07. The molecule has 208 valence electrons. The molecule has 0 spiro atoms. The van der Waals surface area contributed by atoms with Gasteiger partial charge in [-0.3, -0.25) is 10.4 Å². The van der Waals surface area contributed by atoms with Crippen LogP contribution in [0, 0.1) is 25.1 Å². The quantitative estimate of drug-likeness (QED) is 0.127. The van der Waals surface area contributed by atoms with Crippen molar-refractivity contribution in [3.05, 3.63) is 95.0 Å². The number of aryl methyl sites for hydroxylation is 2. The third-order valence-electron chi connectivity index (χ3n) is 6.05. The van der Waals surface area contributed by atoms with Gasteiger partial charge in [-0.2, -0.15) is 0 Å². The summed E-state index contributed by atoms with van der Waals surface area (Å²) in [5.41, 5.74) is 4.16. The number of nitrogens with zero attached hydrogens (tertiary/aromatic N) is 3. The monoisotopic (exact) mass is 544 g/mol. The normalized spacial score (nSPS) is 10.7. The van der Waals surface area contributed by atoms with Crippen molar-refractivity contribution in [2.24, 2.45) is 0 Å². The molecule has 0 fully saturated rings. The first-order valence-corrected chi connectivity index (χ1v) is 13.0. The van der Waals surface area contributed by atoms with Crippen LogP contribution in [-0.4, -0.2) is 45.6 Å². The second kappa shape index (κ2) is 13.5. The SMILES string of the molecule is CCOc1cc(C)c(CNc2ccccc2C(=N)c2ncc(OCCCO)c(Nc3ccnc(C)c3)n2)c(F)c1. The van der Waals surface area contributed by atoms with Crippen LogP contribution in [0.5, 0.6) is 11.5 Å². The lowest BCUT2D eigenvalue weighted by Crippen LogP contribution is -2.14. The highest BCUT2D eigenvalue weighted by Crippen LogP contribution is 2.28. The van der Waals surface area contributed by atoms with E-state index in [1.165, 1.54) is 12.3 Å². The van der Waals surface area contributed by atoms with Crippen molar-refractivity contribution in [1.29, 1.82) is 5.41 Å². The van der Waals surface area contributed by atoms with E-state index in [2.05, 4.69) is 25.6 Å². The van der Waals surface area contributed by atoms with Crippen LogP contribution in [0.15, 0.2) is 60.9 Å². The molecule has 4 aromatic rings. The Kier molecular flexibility index (Phi) is 9.58. The van der Waals surface area contributed by atoms with E-state index < -0.39 is 0 Å². The number of aromatic nitrogens is 3. The summed E-state index contributed by atoms with van der Waals surface area (Å²) in [4.78, 5) is 13.2. The van der Waals surface area contributed by atoms with E-state index in [4.69, 9.17) is 20.0 Å². The van der Waals surface area contributed by atoms with Crippen LogP contribution in [0.3, 0.4) is 0 Å². The number of halogens is 1. The molecule has 4 rings (SSSR count). The molecule has 4 N–H and O–H groups in total. The second-order valence-corrected chi connectivity index (χ2v) is 9.05. The number of para-hydroxylation sites is 1. The summed E-state index contributed by atoms with van der Waals surface area (Å²) in [6, 6.07) is 14.2. The number of ether oxygens (including phenoxy) is 2. The molecule has 0 atom stereocenters. The summed E-state index contributed by atoms with van der Waals surface area (Å²) in [6.45, 7) is 6.55. The number of hydrogen-bond donors (Lipinski definition) is 4. The van der Waals surface area contributed by atoms with Gasteiger partial charge in [-0.25, -0.2) is 14.4 Å². The van der Waals surface area contributed by atoms with Crippen molar-refractivity contribution in [2.75, 3.05) is 30.5 Å². The Balaban J connectivity index is 1.60. The van der Waals surface area contributed by atoms with Crippen LogP contribution < -0.4 is 20.1 Å². The van der Waals surface area contributed by atoms with E-state index in [1.54, 1.807) is 18.3 Å². The largest absolute Gasteiger partial charge is 0.494 e. The van der Waals surface area contributed by atoms with Gasteiger partial charge in [0, 0.05) is 60.0 Å². The Morgan fingerprint density at radius 2 is 1.90 bits per heavy atom. The van der Waals surface area contributed by atoms with Crippen LogP contribution in [0.1, 0.15) is 41.6 Å². The lowest BCUT2D eigenvalue weighted by Gasteiger charge is -2.16. The predicted octanol–water partition coefficient (Wildman–Crippen LogP) is 5.56. The van der Waals surface area contributed by atoms with Gasteiger partial charge in [-0.15, -0.1) is 0 Å². The molecule has 0 unspecified atom stereocenters. The van der Waals surface area contributed by atoms with Gasteiger partial charge >= 0.3 is 0 Å². The maximum atomic E-state index is 14.8. The average molecular weight is 545 g/mol. The smallest absolute Gasteiger partial charge is 0.180 e. The van der Waals surface area contributed by atoms with Crippen molar-refractivity contribution < 1.29 is 19.0 Å². The van der Waals surface area contributed by atoms with Crippen molar-refractivity contribution in [3.63, 3.8) is 0 Å². The van der Waals surface area contributed by atoms with Crippen LogP contribution in [0.2, 0.25) is 0 Å². The first kappa shape index (κ1) is 28.4. The van der Waals surface area contributed by atoms with Gasteiger partial charge in [-0.05, 0) is 50.6 Å². The van der Waals surface area contributed by atoms with E-state index in [0.717, 1.165) is 16.9 Å². The standard InChI is InChI=1S/C30H33FN6O3/c1-4-39-22-14-19(2)24(25(31)16-22)17-34-26-9-6-5-8-23(26)28(32)30-35-18-27(40-13-7-12-38)29(37-30)36-21-10-11-33-20(3)15-21/h5-6,8-11,14-16,18,32,34,38H,4,7,12-13,17H2,1-3H3,(H,33,35,36,37). The Hall–Kier alpha value is -4.57. The van der Waals surface area contributed by atoms with Crippen LogP contribution >= 0.6 is 0 Å². The van der Waals surface area contributed by atoms with Gasteiger partial charge in [-0.1, -0.05) is 18.2 Å². The minimum atomic E-state index is -0.356. The van der Waals surface area contributed by atoms with E-state index >= 15 is 0 Å². The predicted molar refractivity (Wildman–Crippen MR) is 153 cm³/mol. The zero-order chi connectivity index (χ0) is 28.5. The van der Waals surface area contributed by atoms with Gasteiger partial charge in [0.05, 0.1) is 19.4 Å². The van der Waals surface area contributed by atoms with Crippen molar-refractivity contribution in [3.8, 4) is 11.5 Å². The van der Waals surface area contributed by atoms with Crippen LogP contribution in [0.25, 0.3) is 0 Å². The number of rotatable bonds is 13. The molecule has 0 aliphatic carbocycles. The Bertz CT molecular complexity index is 1460. The number of benzene rings is 2. The molecule has 40 heavy (non-hydrogen) atoms. The summed E-state index contributed by atoms with van der Waals surface area (Å²) < 4.78 is 26.1.